The summed E-state index contributed by atoms with van der Waals surface area (Å²) < 4.78 is 1.64. The Hall–Kier alpha value is -2.21. The molecule has 0 atom stereocenters. The Balaban J connectivity index is 1.36. The summed E-state index contributed by atoms with van der Waals surface area (Å²) in [6.07, 6.45) is 5.34. The lowest BCUT2D eigenvalue weighted by molar-refractivity contribution is 0.196. The third-order valence-corrected chi connectivity index (χ3v) is 5.20. The maximum absolute atomic E-state index is 11.5. The van der Waals surface area contributed by atoms with Gasteiger partial charge in [-0.2, -0.15) is 5.10 Å². The number of aryl methyl sites for hydroxylation is 3. The number of aromatic nitrogens is 3. The summed E-state index contributed by atoms with van der Waals surface area (Å²) in [6.45, 7) is 2.81. The van der Waals surface area contributed by atoms with Crippen LogP contribution in [0.2, 0.25) is 0 Å². The number of anilines is 1. The van der Waals surface area contributed by atoms with Crippen molar-refractivity contribution in [2.75, 3.05) is 25.0 Å². The number of pyridine rings is 1. The summed E-state index contributed by atoms with van der Waals surface area (Å²) in [5, 5.41) is 8.77. The first-order valence-electron chi connectivity index (χ1n) is 8.56. The molecule has 0 unspecified atom stereocenters. The fourth-order valence-corrected chi connectivity index (χ4v) is 3.55. The molecule has 0 amide bonds. The van der Waals surface area contributed by atoms with Gasteiger partial charge in [0.2, 0.25) is 5.56 Å². The molecule has 0 aromatic carbocycles. The van der Waals surface area contributed by atoms with E-state index in [9.17, 15) is 4.79 Å². The average Bonchev–Trinajstić information content (AvgIpc) is 2.97. The number of likely N-dealkylation sites (N-methyl/N-ethyl adjacent to an activating group) is 1. The van der Waals surface area contributed by atoms with E-state index in [-0.39, 0.29) is 5.56 Å². The van der Waals surface area contributed by atoms with Gasteiger partial charge in [0.1, 0.15) is 0 Å². The highest BCUT2D eigenvalue weighted by molar-refractivity contribution is 5.45. The topological polar surface area (TPSA) is 54.3 Å². The highest BCUT2D eigenvalue weighted by Gasteiger charge is 2.31. The SMILES string of the molecule is CN(Cc1ccc(=O)n(C)c1)C1CN(c2cc3c(nn2)CCC3)C1. The largest absolute Gasteiger partial charge is 0.352 e. The van der Waals surface area contributed by atoms with Crippen molar-refractivity contribution in [3.8, 4) is 0 Å². The van der Waals surface area contributed by atoms with Gasteiger partial charge in [-0.25, -0.2) is 0 Å². The maximum atomic E-state index is 11.5. The minimum atomic E-state index is 0.0337. The van der Waals surface area contributed by atoms with Crippen molar-refractivity contribution in [3.05, 3.63) is 51.6 Å². The molecule has 0 bridgehead atoms. The monoisotopic (exact) mass is 325 g/mol. The van der Waals surface area contributed by atoms with E-state index in [1.807, 2.05) is 12.3 Å². The molecule has 2 aromatic heterocycles. The van der Waals surface area contributed by atoms with Gasteiger partial charge in [-0.1, -0.05) is 6.07 Å². The first kappa shape index (κ1) is 15.3. The van der Waals surface area contributed by atoms with E-state index < -0.39 is 0 Å². The van der Waals surface area contributed by atoms with Crippen molar-refractivity contribution in [1.29, 1.82) is 0 Å². The van der Waals surface area contributed by atoms with Gasteiger partial charge in [-0.15, -0.1) is 5.10 Å². The predicted octanol–water partition coefficient (Wildman–Crippen LogP) is 0.985. The van der Waals surface area contributed by atoms with Crippen LogP contribution in [0.1, 0.15) is 23.2 Å². The minimum absolute atomic E-state index is 0.0337. The Morgan fingerprint density at radius 2 is 2.08 bits per heavy atom. The van der Waals surface area contributed by atoms with Crippen LogP contribution in [0, 0.1) is 0 Å². The molecule has 6 nitrogen and oxygen atoms in total. The van der Waals surface area contributed by atoms with Crippen LogP contribution in [0.25, 0.3) is 0 Å². The Morgan fingerprint density at radius 3 is 2.88 bits per heavy atom. The molecule has 126 valence electrons. The van der Waals surface area contributed by atoms with E-state index in [0.29, 0.717) is 6.04 Å². The molecule has 0 saturated carbocycles. The summed E-state index contributed by atoms with van der Waals surface area (Å²) in [5.74, 6) is 1.02. The van der Waals surface area contributed by atoms with Crippen molar-refractivity contribution >= 4 is 5.82 Å². The molecule has 0 radical (unpaired) electrons. The highest BCUT2D eigenvalue weighted by Crippen LogP contribution is 2.26. The number of fused-ring (bicyclic) bond motifs is 1. The normalized spacial score (nSPS) is 17.2. The highest BCUT2D eigenvalue weighted by atomic mass is 16.1. The fourth-order valence-electron chi connectivity index (χ4n) is 3.55. The van der Waals surface area contributed by atoms with Crippen molar-refractivity contribution < 1.29 is 0 Å². The van der Waals surface area contributed by atoms with Gasteiger partial charge in [-0.3, -0.25) is 9.69 Å². The molecule has 3 heterocycles. The van der Waals surface area contributed by atoms with Crippen molar-refractivity contribution in [2.24, 2.45) is 7.05 Å². The quantitative estimate of drug-likeness (QED) is 0.839. The van der Waals surface area contributed by atoms with Gasteiger partial charge in [0.15, 0.2) is 5.82 Å². The number of nitrogens with zero attached hydrogens (tertiary/aromatic N) is 5. The molecule has 1 aliphatic heterocycles. The molecule has 1 aliphatic carbocycles. The van der Waals surface area contributed by atoms with Gasteiger partial charge in [0.25, 0.3) is 0 Å². The Kier molecular flexibility index (Phi) is 3.84. The zero-order valence-electron chi connectivity index (χ0n) is 14.3. The Morgan fingerprint density at radius 1 is 1.25 bits per heavy atom. The third kappa shape index (κ3) is 2.82. The summed E-state index contributed by atoms with van der Waals surface area (Å²) in [5.41, 5.74) is 3.76. The predicted molar refractivity (Wildman–Crippen MR) is 93.2 cm³/mol. The molecule has 4 rings (SSSR count). The summed E-state index contributed by atoms with van der Waals surface area (Å²) >= 11 is 0. The lowest BCUT2D eigenvalue weighted by atomic mass is 10.1. The van der Waals surface area contributed by atoms with E-state index in [2.05, 4.69) is 33.1 Å². The third-order valence-electron chi connectivity index (χ3n) is 5.20. The zero-order valence-corrected chi connectivity index (χ0v) is 14.3. The second-order valence-corrected chi connectivity index (χ2v) is 6.99. The van der Waals surface area contributed by atoms with E-state index in [0.717, 1.165) is 43.9 Å². The van der Waals surface area contributed by atoms with Crippen LogP contribution >= 0.6 is 0 Å². The summed E-state index contributed by atoms with van der Waals surface area (Å²) in [6, 6.07) is 6.29. The van der Waals surface area contributed by atoms with Crippen LogP contribution in [0.5, 0.6) is 0 Å². The average molecular weight is 325 g/mol. The standard InChI is InChI=1S/C18H23N5O/c1-21(9-13-6-7-18(24)22(2)10-13)15-11-23(12-15)17-8-14-4-3-5-16(14)19-20-17/h6-8,10,15H,3-5,9,11-12H2,1-2H3. The first-order chi connectivity index (χ1) is 11.6. The van der Waals surface area contributed by atoms with Crippen LogP contribution < -0.4 is 10.5 Å². The minimum Gasteiger partial charge on any atom is -0.352 e. The summed E-state index contributed by atoms with van der Waals surface area (Å²) in [7, 11) is 3.94. The second-order valence-electron chi connectivity index (χ2n) is 6.99. The maximum Gasteiger partial charge on any atom is 0.250 e. The van der Waals surface area contributed by atoms with E-state index >= 15 is 0 Å². The first-order valence-corrected chi connectivity index (χ1v) is 8.56. The molecule has 2 aromatic rings. The molecule has 0 N–H and O–H groups in total. The Labute approximate surface area is 141 Å². The van der Waals surface area contributed by atoms with Crippen LogP contribution in [-0.4, -0.2) is 45.8 Å². The van der Waals surface area contributed by atoms with Crippen LogP contribution in [0.15, 0.2) is 29.2 Å². The number of hydrogen-bond donors (Lipinski definition) is 0. The molecular formula is C18H23N5O. The molecule has 24 heavy (non-hydrogen) atoms. The van der Waals surface area contributed by atoms with Crippen LogP contribution in [0.4, 0.5) is 5.82 Å². The van der Waals surface area contributed by atoms with Gasteiger partial charge < -0.3 is 9.47 Å². The molecule has 6 heteroatoms. The molecule has 1 fully saturated rings. The summed E-state index contributed by atoms with van der Waals surface area (Å²) in [4.78, 5) is 16.1. The van der Waals surface area contributed by atoms with E-state index in [4.69, 9.17) is 0 Å². The van der Waals surface area contributed by atoms with Crippen molar-refractivity contribution in [1.82, 2.24) is 19.7 Å². The molecular weight excluding hydrogens is 302 g/mol. The Bertz CT molecular complexity index is 809. The second kappa shape index (κ2) is 6.02. The van der Waals surface area contributed by atoms with Gasteiger partial charge in [-0.05, 0) is 43.5 Å². The van der Waals surface area contributed by atoms with Gasteiger partial charge >= 0.3 is 0 Å². The molecule has 0 spiro atoms. The lowest BCUT2D eigenvalue weighted by Gasteiger charge is -2.44. The zero-order chi connectivity index (χ0) is 16.7. The molecule has 1 saturated heterocycles. The van der Waals surface area contributed by atoms with Gasteiger partial charge in [0.05, 0.1) is 5.69 Å². The van der Waals surface area contributed by atoms with Crippen molar-refractivity contribution in [2.45, 2.75) is 31.8 Å². The van der Waals surface area contributed by atoms with Crippen LogP contribution in [-0.2, 0) is 26.4 Å². The van der Waals surface area contributed by atoms with Crippen molar-refractivity contribution in [3.63, 3.8) is 0 Å². The van der Waals surface area contributed by atoms with E-state index in [1.54, 1.807) is 17.7 Å². The fraction of sp³-hybridized carbons (Fsp3) is 0.500. The number of rotatable bonds is 4. The van der Waals surface area contributed by atoms with E-state index in [1.165, 1.54) is 17.7 Å². The molecule has 2 aliphatic rings. The lowest BCUT2D eigenvalue weighted by Crippen LogP contribution is -2.58. The smallest absolute Gasteiger partial charge is 0.250 e. The van der Waals surface area contributed by atoms with Crippen LogP contribution in [0.3, 0.4) is 0 Å². The van der Waals surface area contributed by atoms with Gasteiger partial charge in [0, 0.05) is 45.0 Å². The number of hydrogen-bond acceptors (Lipinski definition) is 5.